The van der Waals surface area contributed by atoms with Crippen molar-refractivity contribution in [2.75, 3.05) is 13.7 Å². The predicted octanol–water partition coefficient (Wildman–Crippen LogP) is 0.409. The Balaban J connectivity index is 4.89. The van der Waals surface area contributed by atoms with Crippen molar-refractivity contribution in [3.8, 4) is 0 Å². The molecule has 0 saturated carbocycles. The first-order chi connectivity index (χ1) is 11.0. The number of carbonyl (C=O) groups is 2. The van der Waals surface area contributed by atoms with Crippen LogP contribution in [0, 0.1) is 0 Å². The first-order valence-corrected chi connectivity index (χ1v) is 7.09. The van der Waals surface area contributed by atoms with Crippen LogP contribution in [0.3, 0.4) is 0 Å². The quantitative estimate of drug-likeness (QED) is 0.290. The van der Waals surface area contributed by atoms with Crippen LogP contribution in [-0.4, -0.2) is 43.2 Å². The zero-order valence-corrected chi connectivity index (χ0v) is 13.6. The van der Waals surface area contributed by atoms with E-state index in [4.69, 9.17) is 10.5 Å². The van der Waals surface area contributed by atoms with Crippen LogP contribution >= 0.6 is 0 Å². The number of likely N-dealkylation sites (N-methyl/N-ethyl adjacent to an activating group) is 1. The van der Waals surface area contributed by atoms with Crippen molar-refractivity contribution in [3.63, 3.8) is 0 Å². The van der Waals surface area contributed by atoms with E-state index in [0.29, 0.717) is 5.70 Å². The zero-order chi connectivity index (χ0) is 17.7. The lowest BCUT2D eigenvalue weighted by molar-refractivity contribution is -0.130. The second-order valence-electron chi connectivity index (χ2n) is 4.43. The molecule has 8 heteroatoms. The largest absolute Gasteiger partial charge is 0.492 e. The van der Waals surface area contributed by atoms with Gasteiger partial charge in [-0.05, 0) is 6.42 Å². The summed E-state index contributed by atoms with van der Waals surface area (Å²) in [5, 5.41) is 10.2. The molecular weight excluding hydrogens is 298 g/mol. The number of nitrogens with one attached hydrogen (secondary N) is 2. The lowest BCUT2D eigenvalue weighted by Crippen LogP contribution is -2.47. The maximum atomic E-state index is 11.9. The summed E-state index contributed by atoms with van der Waals surface area (Å²) in [4.78, 5) is 23.5. The van der Waals surface area contributed by atoms with E-state index in [1.54, 1.807) is 6.20 Å². The zero-order valence-electron chi connectivity index (χ0n) is 13.6. The lowest BCUT2D eigenvalue weighted by Gasteiger charge is -2.18. The Labute approximate surface area is 136 Å². The molecule has 4 N–H and O–H groups in total. The molecule has 1 atom stereocenters. The molecule has 0 saturated heterocycles. The van der Waals surface area contributed by atoms with Crippen LogP contribution in [0.5, 0.6) is 0 Å². The molecule has 128 valence electrons. The van der Waals surface area contributed by atoms with Crippen molar-refractivity contribution in [3.05, 3.63) is 37.0 Å². The van der Waals surface area contributed by atoms with Crippen molar-refractivity contribution < 1.29 is 14.3 Å². The first-order valence-electron chi connectivity index (χ1n) is 7.09. The molecule has 23 heavy (non-hydrogen) atoms. The highest BCUT2D eigenvalue weighted by Crippen LogP contribution is 2.04. The van der Waals surface area contributed by atoms with E-state index >= 15 is 0 Å². The Hall–Kier alpha value is -2.77. The maximum absolute atomic E-state index is 11.9. The molecule has 0 heterocycles. The summed E-state index contributed by atoms with van der Waals surface area (Å²) in [6, 6.07) is -0.820. The van der Waals surface area contributed by atoms with Gasteiger partial charge in [0.2, 0.25) is 5.91 Å². The van der Waals surface area contributed by atoms with Crippen LogP contribution < -0.4 is 16.4 Å². The average Bonchev–Trinajstić information content (AvgIpc) is 2.55. The number of nitrogens with two attached hydrogens (primary N) is 1. The van der Waals surface area contributed by atoms with Crippen molar-refractivity contribution in [1.29, 1.82) is 0 Å². The third-order valence-electron chi connectivity index (χ3n) is 2.63. The number of hydrazone groups is 1. The SMILES string of the molecule is C=COCC(=O)N[C@@H](C/C(N)=C/N(/C=C/CC)N=C)C(=O)NC. The molecule has 0 aromatic carbocycles. The standard InChI is InChI=1S/C15H25N5O3/c1-5-7-8-20(18-4)10-12(16)9-13(15(22)17-3)19-14(21)11-23-6-2/h6-8,10,13H,2,4-5,9,11,16H2,1,3H3,(H,17,22)(H,19,21)/b8-7+,12-10-/t13-/m0/s1. The summed E-state index contributed by atoms with van der Waals surface area (Å²) >= 11 is 0. The van der Waals surface area contributed by atoms with E-state index < -0.39 is 11.9 Å². The predicted molar refractivity (Wildman–Crippen MR) is 89.9 cm³/mol. The summed E-state index contributed by atoms with van der Waals surface area (Å²) in [6.07, 6.45) is 7.21. The van der Waals surface area contributed by atoms with Gasteiger partial charge in [0.1, 0.15) is 6.04 Å². The van der Waals surface area contributed by atoms with E-state index in [9.17, 15) is 9.59 Å². The Bertz CT molecular complexity index is 474. The van der Waals surface area contributed by atoms with Crippen molar-refractivity contribution in [1.82, 2.24) is 15.6 Å². The van der Waals surface area contributed by atoms with Gasteiger partial charge in [0.25, 0.3) is 5.91 Å². The fourth-order valence-corrected chi connectivity index (χ4v) is 1.56. The van der Waals surface area contributed by atoms with Crippen molar-refractivity contribution >= 4 is 18.5 Å². The minimum atomic E-state index is -0.820. The number of hydrogen-bond donors (Lipinski definition) is 3. The minimum absolute atomic E-state index is 0.117. The van der Waals surface area contributed by atoms with E-state index in [1.165, 1.54) is 18.3 Å². The summed E-state index contributed by atoms with van der Waals surface area (Å²) in [7, 11) is 1.48. The van der Waals surface area contributed by atoms with Gasteiger partial charge >= 0.3 is 0 Å². The minimum Gasteiger partial charge on any atom is -0.492 e. The second-order valence-corrected chi connectivity index (χ2v) is 4.43. The molecule has 0 aromatic heterocycles. The van der Waals surface area contributed by atoms with Gasteiger partial charge in [-0.2, -0.15) is 5.10 Å². The highest BCUT2D eigenvalue weighted by atomic mass is 16.5. The Morgan fingerprint density at radius 3 is 2.70 bits per heavy atom. The number of hydrogen-bond acceptors (Lipinski definition) is 6. The second kappa shape index (κ2) is 11.8. The van der Waals surface area contributed by atoms with Crippen molar-refractivity contribution in [2.45, 2.75) is 25.8 Å². The van der Waals surface area contributed by atoms with Gasteiger partial charge in [-0.25, -0.2) is 5.01 Å². The molecule has 0 aliphatic carbocycles. The Morgan fingerprint density at radius 2 is 2.17 bits per heavy atom. The van der Waals surface area contributed by atoms with E-state index in [0.717, 1.165) is 12.7 Å². The van der Waals surface area contributed by atoms with Gasteiger partial charge in [-0.1, -0.05) is 19.6 Å². The molecule has 0 bridgehead atoms. The van der Waals surface area contributed by atoms with Gasteiger partial charge in [0.05, 0.1) is 6.26 Å². The normalized spacial score (nSPS) is 12.3. The fourth-order valence-electron chi connectivity index (χ4n) is 1.56. The van der Waals surface area contributed by atoms with Crippen molar-refractivity contribution in [2.24, 2.45) is 10.8 Å². The number of carbonyl (C=O) groups excluding carboxylic acids is 2. The molecule has 0 aromatic rings. The summed E-state index contributed by atoms with van der Waals surface area (Å²) in [5.41, 5.74) is 6.27. The van der Waals surface area contributed by atoms with E-state index in [2.05, 4.69) is 29.0 Å². The fraction of sp³-hybridized carbons (Fsp3) is 0.400. The van der Waals surface area contributed by atoms with Crippen LogP contribution in [0.2, 0.25) is 0 Å². The highest BCUT2D eigenvalue weighted by Gasteiger charge is 2.20. The van der Waals surface area contributed by atoms with Gasteiger partial charge in [-0.15, -0.1) is 0 Å². The molecule has 0 aliphatic rings. The summed E-state index contributed by atoms with van der Waals surface area (Å²) in [5.74, 6) is -0.814. The number of ether oxygens (including phenoxy) is 1. The number of rotatable bonds is 11. The molecular formula is C15H25N5O3. The molecule has 0 spiro atoms. The first kappa shape index (κ1) is 20.2. The molecule has 0 fully saturated rings. The van der Waals surface area contributed by atoms with Gasteiger partial charge in [0.15, 0.2) is 6.61 Å². The molecule has 8 nitrogen and oxygen atoms in total. The van der Waals surface area contributed by atoms with E-state index in [-0.39, 0.29) is 18.9 Å². The molecule has 2 amide bonds. The topological polar surface area (TPSA) is 109 Å². The van der Waals surface area contributed by atoms with Crippen LogP contribution in [0.25, 0.3) is 0 Å². The van der Waals surface area contributed by atoms with Gasteiger partial charge < -0.3 is 21.1 Å². The Morgan fingerprint density at radius 1 is 1.48 bits per heavy atom. The summed E-state index contributed by atoms with van der Waals surface area (Å²) < 4.78 is 4.77. The van der Waals surface area contributed by atoms with Crippen LogP contribution in [0.4, 0.5) is 0 Å². The van der Waals surface area contributed by atoms with Gasteiger partial charge in [0, 0.05) is 38.3 Å². The molecule has 0 radical (unpaired) electrons. The highest BCUT2D eigenvalue weighted by molar-refractivity contribution is 5.88. The van der Waals surface area contributed by atoms with Gasteiger partial charge in [-0.3, -0.25) is 9.59 Å². The van der Waals surface area contributed by atoms with Crippen LogP contribution in [-0.2, 0) is 14.3 Å². The van der Waals surface area contributed by atoms with Crippen LogP contribution in [0.1, 0.15) is 19.8 Å². The maximum Gasteiger partial charge on any atom is 0.258 e. The third-order valence-corrected chi connectivity index (χ3v) is 2.63. The smallest absolute Gasteiger partial charge is 0.258 e. The third kappa shape index (κ3) is 8.97. The number of nitrogens with zero attached hydrogens (tertiary/aromatic N) is 2. The Kier molecular flexibility index (Phi) is 10.4. The van der Waals surface area contributed by atoms with E-state index in [1.807, 2.05) is 13.0 Å². The number of amides is 2. The molecule has 0 rings (SSSR count). The number of allylic oxidation sites excluding steroid dienone is 1. The molecule has 0 unspecified atom stereocenters. The van der Waals surface area contributed by atoms with Crippen LogP contribution in [0.15, 0.2) is 42.1 Å². The average molecular weight is 323 g/mol. The monoisotopic (exact) mass is 323 g/mol. The lowest BCUT2D eigenvalue weighted by atomic mass is 10.1. The molecule has 0 aliphatic heterocycles. The summed E-state index contributed by atoms with van der Waals surface area (Å²) in [6.45, 7) is 8.53.